The molecule has 0 aromatic rings. The molecular formula is C26H48N2O2. The Morgan fingerprint density at radius 1 is 1.10 bits per heavy atom. The summed E-state index contributed by atoms with van der Waals surface area (Å²) < 4.78 is 0. The number of piperidine rings is 1. The fourth-order valence-electron chi connectivity index (χ4n) is 3.73. The van der Waals surface area contributed by atoms with Crippen molar-refractivity contribution in [1.82, 2.24) is 9.80 Å². The molecule has 2 fully saturated rings. The molecule has 30 heavy (non-hydrogen) atoms. The molecule has 1 amide bonds. The average molecular weight is 421 g/mol. The van der Waals surface area contributed by atoms with Crippen LogP contribution in [-0.4, -0.2) is 54.7 Å². The third kappa shape index (κ3) is 11.5. The lowest BCUT2D eigenvalue weighted by molar-refractivity contribution is -0.140. The van der Waals surface area contributed by atoms with Gasteiger partial charge in [0.2, 0.25) is 5.91 Å². The topological polar surface area (TPSA) is 40.6 Å². The average Bonchev–Trinajstić information content (AvgIpc) is 3.01. The highest BCUT2D eigenvalue weighted by Crippen LogP contribution is 2.39. The highest BCUT2D eigenvalue weighted by molar-refractivity contribution is 5.89. The fraction of sp³-hybridized carbons (Fsp3) is 0.692. The van der Waals surface area contributed by atoms with E-state index in [9.17, 15) is 9.59 Å². The van der Waals surface area contributed by atoms with E-state index in [0.29, 0.717) is 6.54 Å². The van der Waals surface area contributed by atoms with Crippen molar-refractivity contribution in [3.8, 4) is 0 Å². The smallest absolute Gasteiger partial charge is 0.230 e. The van der Waals surface area contributed by atoms with Gasteiger partial charge in [-0.25, -0.2) is 0 Å². The molecule has 2 rings (SSSR count). The van der Waals surface area contributed by atoms with E-state index in [2.05, 4.69) is 50.1 Å². The van der Waals surface area contributed by atoms with Crippen molar-refractivity contribution in [2.24, 2.45) is 5.41 Å². The predicted molar refractivity (Wildman–Crippen MR) is 132 cm³/mol. The quantitative estimate of drug-likeness (QED) is 0.509. The molecule has 174 valence electrons. The first-order chi connectivity index (χ1) is 14.3. The van der Waals surface area contributed by atoms with Crippen molar-refractivity contribution in [3.05, 3.63) is 36.0 Å². The number of allylic oxidation sites excluding steroid dienone is 6. The van der Waals surface area contributed by atoms with Gasteiger partial charge in [-0.2, -0.15) is 0 Å². The molecule has 0 radical (unpaired) electrons. The standard InChI is InChI=1S/C12H20N2O2.C10H16.2C2H6/c1-10(15)8-14-7-5-12(11(14)16)4-3-6-13(2)9-12;1-4-6-7-9-10(3)8-5-2;2*1-2/h3-9H2,1-2H3;5-9H,4H2,1-3H3;2*1-2H3/b;7-6-,8-5-,10-9-;;. The molecule has 2 saturated heterocycles. The van der Waals surface area contributed by atoms with Crippen molar-refractivity contribution in [2.75, 3.05) is 33.2 Å². The Balaban J connectivity index is 0. The number of Topliss-reactive ketones (excluding diaryl/α,β-unsaturated/α-hetero) is 1. The number of hydrogen-bond acceptors (Lipinski definition) is 3. The van der Waals surface area contributed by atoms with Crippen LogP contribution in [0.1, 0.15) is 81.1 Å². The first kappa shape index (κ1) is 30.5. The molecule has 1 unspecified atom stereocenters. The van der Waals surface area contributed by atoms with E-state index in [4.69, 9.17) is 0 Å². The summed E-state index contributed by atoms with van der Waals surface area (Å²) in [7, 11) is 2.07. The Morgan fingerprint density at radius 2 is 1.73 bits per heavy atom. The van der Waals surface area contributed by atoms with Gasteiger partial charge in [0.15, 0.2) is 0 Å². The van der Waals surface area contributed by atoms with Crippen LogP contribution in [0, 0.1) is 5.41 Å². The largest absolute Gasteiger partial charge is 0.335 e. The van der Waals surface area contributed by atoms with Crippen molar-refractivity contribution in [1.29, 1.82) is 0 Å². The molecule has 2 aliphatic rings. The van der Waals surface area contributed by atoms with Gasteiger partial charge in [0.05, 0.1) is 12.0 Å². The number of carbonyl (C=O) groups is 2. The van der Waals surface area contributed by atoms with Crippen LogP contribution < -0.4 is 0 Å². The number of rotatable bonds is 5. The number of amides is 1. The SMILES string of the molecule is CC.CC.CC(=O)CN1CCC2(CCCN(C)C2)C1=O.C\C=C/C(C)=C\C=C/CC. The lowest BCUT2D eigenvalue weighted by atomic mass is 9.78. The summed E-state index contributed by atoms with van der Waals surface area (Å²) >= 11 is 0. The van der Waals surface area contributed by atoms with Crippen LogP contribution in [0.2, 0.25) is 0 Å². The van der Waals surface area contributed by atoms with Crippen molar-refractivity contribution >= 4 is 11.7 Å². The van der Waals surface area contributed by atoms with Gasteiger partial charge in [0.1, 0.15) is 5.78 Å². The first-order valence-electron chi connectivity index (χ1n) is 11.8. The zero-order valence-corrected chi connectivity index (χ0v) is 21.3. The third-order valence-electron chi connectivity index (χ3n) is 4.94. The molecular weight excluding hydrogens is 372 g/mol. The lowest BCUT2D eigenvalue weighted by Crippen LogP contribution is -2.46. The van der Waals surface area contributed by atoms with E-state index in [1.54, 1.807) is 11.8 Å². The van der Waals surface area contributed by atoms with Gasteiger partial charge >= 0.3 is 0 Å². The van der Waals surface area contributed by atoms with E-state index in [1.807, 2.05) is 40.7 Å². The highest BCUT2D eigenvalue weighted by atomic mass is 16.2. The summed E-state index contributed by atoms with van der Waals surface area (Å²) in [5.41, 5.74) is 1.12. The van der Waals surface area contributed by atoms with Gasteiger partial charge in [-0.05, 0) is 60.0 Å². The molecule has 1 spiro atoms. The predicted octanol–water partition coefficient (Wildman–Crippen LogP) is 6.05. The maximum Gasteiger partial charge on any atom is 0.230 e. The van der Waals surface area contributed by atoms with Gasteiger partial charge in [0.25, 0.3) is 0 Å². The second kappa shape index (κ2) is 18.1. The van der Waals surface area contributed by atoms with Crippen LogP contribution in [0.3, 0.4) is 0 Å². The number of hydrogen-bond donors (Lipinski definition) is 0. The minimum Gasteiger partial charge on any atom is -0.335 e. The van der Waals surface area contributed by atoms with Crippen LogP contribution in [-0.2, 0) is 9.59 Å². The molecule has 0 bridgehead atoms. The van der Waals surface area contributed by atoms with Crippen LogP contribution >= 0.6 is 0 Å². The Hall–Kier alpha value is -1.68. The van der Waals surface area contributed by atoms with Crippen LogP contribution in [0.4, 0.5) is 0 Å². The monoisotopic (exact) mass is 420 g/mol. The van der Waals surface area contributed by atoms with Gasteiger partial charge in [0, 0.05) is 13.1 Å². The lowest BCUT2D eigenvalue weighted by Gasteiger charge is -2.37. The van der Waals surface area contributed by atoms with Gasteiger partial charge in [-0.1, -0.05) is 70.6 Å². The van der Waals surface area contributed by atoms with Gasteiger partial charge in [-0.15, -0.1) is 0 Å². The van der Waals surface area contributed by atoms with E-state index in [0.717, 1.165) is 45.3 Å². The summed E-state index contributed by atoms with van der Waals surface area (Å²) in [6.45, 7) is 18.8. The summed E-state index contributed by atoms with van der Waals surface area (Å²) in [6, 6.07) is 0. The molecule has 4 heteroatoms. The molecule has 0 saturated carbocycles. The number of carbonyl (C=O) groups excluding carboxylic acids is 2. The second-order valence-corrected chi connectivity index (χ2v) is 7.55. The number of ketones is 1. The second-order valence-electron chi connectivity index (χ2n) is 7.55. The van der Waals surface area contributed by atoms with E-state index >= 15 is 0 Å². The van der Waals surface area contributed by atoms with Crippen LogP contribution in [0.15, 0.2) is 36.0 Å². The molecule has 0 aromatic carbocycles. The molecule has 4 nitrogen and oxygen atoms in total. The highest BCUT2D eigenvalue weighted by Gasteiger charge is 2.48. The van der Waals surface area contributed by atoms with Crippen LogP contribution in [0.25, 0.3) is 0 Å². The Kier molecular flexibility index (Phi) is 18.4. The normalized spacial score (nSPS) is 21.7. The van der Waals surface area contributed by atoms with Crippen molar-refractivity contribution in [3.63, 3.8) is 0 Å². The molecule has 0 N–H and O–H groups in total. The van der Waals surface area contributed by atoms with E-state index < -0.39 is 0 Å². The van der Waals surface area contributed by atoms with E-state index in [-0.39, 0.29) is 17.1 Å². The zero-order chi connectivity index (χ0) is 23.6. The molecule has 1 atom stereocenters. The minimum atomic E-state index is -0.178. The molecule has 2 aliphatic heterocycles. The molecule has 0 aliphatic carbocycles. The number of nitrogens with zero attached hydrogens (tertiary/aromatic N) is 2. The number of likely N-dealkylation sites (tertiary alicyclic amines) is 2. The summed E-state index contributed by atoms with van der Waals surface area (Å²) in [4.78, 5) is 27.4. The fourth-order valence-corrected chi connectivity index (χ4v) is 3.73. The molecule has 2 heterocycles. The summed E-state index contributed by atoms with van der Waals surface area (Å²) in [5.74, 6) is 0.281. The Morgan fingerprint density at radius 3 is 2.23 bits per heavy atom. The van der Waals surface area contributed by atoms with Gasteiger partial charge in [-0.3, -0.25) is 9.59 Å². The summed E-state index contributed by atoms with van der Waals surface area (Å²) in [6.07, 6.45) is 14.6. The van der Waals surface area contributed by atoms with Crippen LogP contribution in [0.5, 0.6) is 0 Å². The maximum atomic E-state index is 12.3. The minimum absolute atomic E-state index is 0.0783. The zero-order valence-electron chi connectivity index (χ0n) is 21.3. The van der Waals surface area contributed by atoms with E-state index in [1.165, 1.54) is 5.57 Å². The third-order valence-corrected chi connectivity index (χ3v) is 4.94. The first-order valence-corrected chi connectivity index (χ1v) is 11.8. The Bertz CT molecular complexity index is 563. The van der Waals surface area contributed by atoms with Crippen molar-refractivity contribution < 1.29 is 9.59 Å². The maximum absolute atomic E-state index is 12.3. The van der Waals surface area contributed by atoms with Gasteiger partial charge < -0.3 is 9.80 Å². The van der Waals surface area contributed by atoms with Crippen molar-refractivity contribution in [2.45, 2.75) is 81.1 Å². The Labute approximate surface area is 187 Å². The molecule has 0 aromatic heterocycles. The summed E-state index contributed by atoms with van der Waals surface area (Å²) in [5, 5.41) is 0.